The number of aryl methyl sites for hydroxylation is 1. The van der Waals surface area contributed by atoms with Gasteiger partial charge in [-0.25, -0.2) is 4.79 Å². The second-order valence-electron chi connectivity index (χ2n) is 14.8. The largest absolute Gasteiger partial charge is 0.479 e. The van der Waals surface area contributed by atoms with Crippen molar-refractivity contribution in [2.24, 2.45) is 0 Å². The van der Waals surface area contributed by atoms with Crippen molar-refractivity contribution in [1.82, 2.24) is 26.2 Å². The lowest BCUT2D eigenvalue weighted by Crippen LogP contribution is -2.57. The van der Waals surface area contributed by atoms with Gasteiger partial charge in [0.15, 0.2) is 6.04 Å². The Morgan fingerprint density at radius 1 is 0.814 bits per heavy atom. The highest BCUT2D eigenvalue weighted by Crippen LogP contribution is 2.30. The maximum absolute atomic E-state index is 13.5. The average molecular weight is 812 g/mol. The number of ketones is 1. The van der Waals surface area contributed by atoms with Gasteiger partial charge in [0.1, 0.15) is 17.5 Å². The van der Waals surface area contributed by atoms with E-state index in [9.17, 15) is 38.7 Å². The summed E-state index contributed by atoms with van der Waals surface area (Å²) < 4.78 is 6.01. The number of fused-ring (bicyclic) bond motifs is 7. The molecule has 3 aromatic carbocycles. The van der Waals surface area contributed by atoms with Gasteiger partial charge in [0.25, 0.3) is 5.91 Å². The van der Waals surface area contributed by atoms with E-state index < -0.39 is 60.1 Å². The smallest absolute Gasteiger partial charge is 0.330 e. The Morgan fingerprint density at radius 3 is 2.05 bits per heavy atom. The lowest BCUT2D eigenvalue weighted by Gasteiger charge is -2.36. The van der Waals surface area contributed by atoms with Gasteiger partial charge in [-0.05, 0) is 59.9 Å². The number of amides is 5. The number of carboxylic acids is 1. The molecule has 14 heteroatoms. The van der Waals surface area contributed by atoms with Crippen LogP contribution in [0.5, 0.6) is 11.5 Å². The lowest BCUT2D eigenvalue weighted by atomic mass is 9.92. The SMILES string of the molecule is C1CCCCC1.CC(NC(=O)C1Cc2ccc3cc2CN1C(=O)CNC(=O)CCc1ccc(cc1)O3)C(=O)C(=O)NCC(=O)NC(C(=O)O)c1ccccc1.CCCC. The summed E-state index contributed by atoms with van der Waals surface area (Å²) >= 11 is 0. The molecule has 3 unspecified atom stereocenters. The highest BCUT2D eigenvalue weighted by Gasteiger charge is 2.37. The van der Waals surface area contributed by atoms with Crippen molar-refractivity contribution in [3.63, 3.8) is 0 Å². The standard InChI is InChI=1S/C35H35N5O9.C6H12.C4H10/c1-20(32(44)34(46)37-17-29(42)39-31(35(47)48)22-5-3-2-4-6-22)38-33(45)27-16-23-10-13-26-15-24(23)19-40(27)30(43)18-36-28(41)14-9-21-7-11-25(49-26)12-8-21;1-2-4-6-5-3-1;1-3-4-2/h2-8,10-13,15,20,27,31H,9,14,16-19H2,1H3,(H,36,41)(H,37,46)(H,38,45)(H,39,42)(H,47,48);1-6H2;3-4H2,1-2H3. The van der Waals surface area contributed by atoms with Crippen LogP contribution >= 0.6 is 0 Å². The fourth-order valence-corrected chi connectivity index (χ4v) is 6.63. The molecule has 5 amide bonds. The van der Waals surface area contributed by atoms with Gasteiger partial charge >= 0.3 is 5.97 Å². The van der Waals surface area contributed by atoms with Crippen molar-refractivity contribution in [3.05, 3.63) is 95.1 Å². The average Bonchev–Trinajstić information content (AvgIpc) is 3.26. The van der Waals surface area contributed by atoms with E-state index in [0.29, 0.717) is 23.5 Å². The molecule has 0 spiro atoms. The maximum atomic E-state index is 13.5. The molecular weight excluding hydrogens is 755 g/mol. The first-order valence-corrected chi connectivity index (χ1v) is 20.5. The fraction of sp³-hybridized carbons (Fsp3) is 0.444. The molecule has 0 saturated heterocycles. The second-order valence-corrected chi connectivity index (χ2v) is 14.8. The molecule has 3 aromatic rings. The third kappa shape index (κ3) is 14.4. The Labute approximate surface area is 345 Å². The predicted molar refractivity (Wildman–Crippen MR) is 221 cm³/mol. The van der Waals surface area contributed by atoms with E-state index in [-0.39, 0.29) is 31.8 Å². The maximum Gasteiger partial charge on any atom is 0.330 e. The molecule has 14 nitrogen and oxygen atoms in total. The van der Waals surface area contributed by atoms with Crippen molar-refractivity contribution in [1.29, 1.82) is 0 Å². The van der Waals surface area contributed by atoms with Crippen molar-refractivity contribution in [2.45, 2.75) is 116 Å². The second kappa shape index (κ2) is 23.4. The summed E-state index contributed by atoms with van der Waals surface area (Å²) in [7, 11) is 0. The number of carbonyl (C=O) groups is 7. The van der Waals surface area contributed by atoms with E-state index in [1.165, 1.54) is 75.3 Å². The van der Waals surface area contributed by atoms with Gasteiger partial charge in [0.2, 0.25) is 29.4 Å². The highest BCUT2D eigenvalue weighted by atomic mass is 16.5. The Balaban J connectivity index is 0.000000678. The summed E-state index contributed by atoms with van der Waals surface area (Å²) in [6.45, 7) is 4.64. The number of benzene rings is 3. The molecule has 3 atom stereocenters. The minimum Gasteiger partial charge on any atom is -0.479 e. The van der Waals surface area contributed by atoms with Gasteiger partial charge in [0, 0.05) is 19.4 Å². The quantitative estimate of drug-likeness (QED) is 0.173. The summed E-state index contributed by atoms with van der Waals surface area (Å²) in [4.78, 5) is 90.3. The Morgan fingerprint density at radius 2 is 1.44 bits per heavy atom. The molecule has 1 saturated carbocycles. The molecule has 7 rings (SSSR count). The van der Waals surface area contributed by atoms with Gasteiger partial charge in [-0.2, -0.15) is 0 Å². The number of hydrogen-bond donors (Lipinski definition) is 5. The van der Waals surface area contributed by atoms with Gasteiger partial charge in [0.05, 0.1) is 19.1 Å². The van der Waals surface area contributed by atoms with Crippen molar-refractivity contribution >= 4 is 41.3 Å². The zero-order valence-electron chi connectivity index (χ0n) is 34.2. The highest BCUT2D eigenvalue weighted by molar-refractivity contribution is 6.38. The van der Waals surface area contributed by atoms with Crippen molar-refractivity contribution < 1.29 is 43.4 Å². The number of rotatable bonds is 10. The lowest BCUT2D eigenvalue weighted by molar-refractivity contribution is -0.144. The van der Waals surface area contributed by atoms with Gasteiger partial charge in [-0.1, -0.05) is 114 Å². The van der Waals surface area contributed by atoms with Gasteiger partial charge in [-0.15, -0.1) is 0 Å². The van der Waals surface area contributed by atoms with E-state index in [1.54, 1.807) is 36.4 Å². The van der Waals surface area contributed by atoms with Crippen LogP contribution in [0.1, 0.15) is 107 Å². The van der Waals surface area contributed by atoms with Crippen LogP contribution in [-0.4, -0.2) is 76.5 Å². The molecule has 0 aromatic heterocycles. The molecule has 3 heterocycles. The Bertz CT molecular complexity index is 1900. The van der Waals surface area contributed by atoms with Gasteiger partial charge < -0.3 is 36.0 Å². The zero-order chi connectivity index (χ0) is 42.7. The van der Waals surface area contributed by atoms with E-state index in [1.807, 2.05) is 24.3 Å². The molecule has 5 bridgehead atoms. The summed E-state index contributed by atoms with van der Waals surface area (Å²) in [5.74, 6) is -4.80. The predicted octanol–water partition coefficient (Wildman–Crippen LogP) is 5.07. The first-order chi connectivity index (χ1) is 28.4. The topological polar surface area (TPSA) is 200 Å². The number of aliphatic carboxylic acids is 1. The zero-order valence-corrected chi connectivity index (χ0v) is 34.2. The molecule has 4 aliphatic rings. The van der Waals surface area contributed by atoms with Crippen LogP contribution < -0.4 is 26.0 Å². The Hall–Kier alpha value is -6.05. The first-order valence-electron chi connectivity index (χ1n) is 20.5. The number of carboxylic acid groups (broad SMARTS) is 1. The number of nitrogens with zero attached hydrogens (tertiary/aromatic N) is 1. The van der Waals surface area contributed by atoms with Crippen LogP contribution in [0.15, 0.2) is 72.8 Å². The number of carbonyl (C=O) groups excluding carboxylic acids is 6. The molecule has 59 heavy (non-hydrogen) atoms. The normalized spacial score (nSPS) is 16.9. The molecule has 1 fully saturated rings. The van der Waals surface area contributed by atoms with Crippen LogP contribution in [0.25, 0.3) is 0 Å². The van der Waals surface area contributed by atoms with E-state index in [2.05, 4.69) is 35.1 Å². The first kappa shape index (κ1) is 45.6. The molecule has 0 radical (unpaired) electrons. The Kier molecular flexibility index (Phi) is 18.1. The fourth-order valence-electron chi connectivity index (χ4n) is 6.63. The number of hydrogen-bond acceptors (Lipinski definition) is 8. The third-order valence-electron chi connectivity index (χ3n) is 10.2. The van der Waals surface area contributed by atoms with Crippen LogP contribution in [0.3, 0.4) is 0 Å². The minimum absolute atomic E-state index is 0.0243. The molecular formula is C45H57N5O9. The minimum atomic E-state index is -1.37. The number of Topliss-reactive ketones (excluding diaryl/α,β-unsaturated/α-hetero) is 1. The third-order valence-corrected chi connectivity index (χ3v) is 10.2. The summed E-state index contributed by atoms with van der Waals surface area (Å²) in [5, 5.41) is 19.1. The number of ether oxygens (including phenoxy) is 1. The van der Waals surface area contributed by atoms with E-state index in [0.717, 1.165) is 16.7 Å². The van der Waals surface area contributed by atoms with E-state index in [4.69, 9.17) is 4.74 Å². The van der Waals surface area contributed by atoms with Crippen molar-refractivity contribution in [3.8, 4) is 11.5 Å². The van der Waals surface area contributed by atoms with E-state index >= 15 is 0 Å². The van der Waals surface area contributed by atoms with Gasteiger partial charge in [-0.3, -0.25) is 28.8 Å². The monoisotopic (exact) mass is 811 g/mol. The number of unbranched alkanes of at least 4 members (excludes halogenated alkanes) is 1. The molecule has 316 valence electrons. The van der Waals surface area contributed by atoms with Crippen LogP contribution in [-0.2, 0) is 52.9 Å². The summed E-state index contributed by atoms with van der Waals surface area (Å²) in [5.41, 5.74) is 2.75. The van der Waals surface area contributed by atoms with Crippen molar-refractivity contribution in [2.75, 3.05) is 13.1 Å². The molecule has 3 aliphatic heterocycles. The number of nitrogens with one attached hydrogen (secondary N) is 4. The van der Waals surface area contributed by atoms with Crippen LogP contribution in [0.4, 0.5) is 0 Å². The van der Waals surface area contributed by atoms with Crippen LogP contribution in [0.2, 0.25) is 0 Å². The van der Waals surface area contributed by atoms with Crippen LogP contribution in [0, 0.1) is 0 Å². The molecule has 1 aliphatic carbocycles. The molecule has 5 N–H and O–H groups in total. The summed E-state index contributed by atoms with van der Waals surface area (Å²) in [6.07, 6.45) is 12.3. The summed E-state index contributed by atoms with van der Waals surface area (Å²) in [6, 6.07) is 16.9.